The van der Waals surface area contributed by atoms with E-state index >= 15 is 0 Å². The summed E-state index contributed by atoms with van der Waals surface area (Å²) in [5.74, 6) is -0.126. The highest BCUT2D eigenvalue weighted by molar-refractivity contribution is 9.11. The Morgan fingerprint density at radius 3 is 2.55 bits per heavy atom. The van der Waals surface area contributed by atoms with Crippen LogP contribution in [-0.4, -0.2) is 7.11 Å². The molecule has 0 spiro atoms. The molecule has 2 nitrogen and oxygen atoms in total. The average molecular weight is 403 g/mol. The molecule has 2 aromatic carbocycles. The van der Waals surface area contributed by atoms with Crippen LogP contribution in [0.25, 0.3) is 0 Å². The topological polar surface area (TPSA) is 35.2 Å². The SMILES string of the molecule is COc1ccc(CC(N)c2ccc(Br)cc2Br)cc1F. The molecule has 2 aromatic rings. The smallest absolute Gasteiger partial charge is 0.165 e. The van der Waals surface area contributed by atoms with E-state index in [9.17, 15) is 4.39 Å². The zero-order chi connectivity index (χ0) is 14.7. The van der Waals surface area contributed by atoms with E-state index in [0.29, 0.717) is 6.42 Å². The molecule has 0 aliphatic rings. The number of hydrogen-bond donors (Lipinski definition) is 1. The van der Waals surface area contributed by atoms with Crippen LogP contribution in [0.15, 0.2) is 45.3 Å². The van der Waals surface area contributed by atoms with E-state index in [0.717, 1.165) is 20.1 Å². The summed E-state index contributed by atoms with van der Waals surface area (Å²) in [5.41, 5.74) is 8.03. The van der Waals surface area contributed by atoms with Gasteiger partial charge in [0.25, 0.3) is 0 Å². The lowest BCUT2D eigenvalue weighted by molar-refractivity contribution is 0.386. The van der Waals surface area contributed by atoms with Gasteiger partial charge in [-0.3, -0.25) is 0 Å². The van der Waals surface area contributed by atoms with Gasteiger partial charge in [0.1, 0.15) is 0 Å². The molecule has 106 valence electrons. The Kier molecular flexibility index (Phi) is 5.18. The number of hydrogen-bond acceptors (Lipinski definition) is 2. The van der Waals surface area contributed by atoms with Crippen molar-refractivity contribution < 1.29 is 9.13 Å². The lowest BCUT2D eigenvalue weighted by Crippen LogP contribution is -2.14. The molecule has 0 saturated carbocycles. The number of methoxy groups -OCH3 is 1. The average Bonchev–Trinajstić information content (AvgIpc) is 2.38. The first-order chi connectivity index (χ1) is 9.51. The Bertz CT molecular complexity index is 619. The van der Waals surface area contributed by atoms with Crippen molar-refractivity contribution in [3.8, 4) is 5.75 Å². The maximum Gasteiger partial charge on any atom is 0.165 e. The summed E-state index contributed by atoms with van der Waals surface area (Å²) in [6, 6.07) is 10.6. The molecule has 0 aliphatic heterocycles. The van der Waals surface area contributed by atoms with Crippen molar-refractivity contribution in [1.29, 1.82) is 0 Å². The lowest BCUT2D eigenvalue weighted by atomic mass is 9.99. The van der Waals surface area contributed by atoms with Crippen LogP contribution < -0.4 is 10.5 Å². The minimum Gasteiger partial charge on any atom is -0.494 e. The van der Waals surface area contributed by atoms with E-state index in [1.54, 1.807) is 6.07 Å². The molecule has 5 heteroatoms. The Labute approximate surface area is 134 Å². The van der Waals surface area contributed by atoms with Gasteiger partial charge in [0.15, 0.2) is 11.6 Å². The molecule has 1 unspecified atom stereocenters. The molecule has 0 radical (unpaired) electrons. The molecular weight excluding hydrogens is 389 g/mol. The monoisotopic (exact) mass is 401 g/mol. The number of halogens is 3. The van der Waals surface area contributed by atoms with Crippen molar-refractivity contribution in [1.82, 2.24) is 0 Å². The van der Waals surface area contributed by atoms with Crippen molar-refractivity contribution >= 4 is 31.9 Å². The Hall–Kier alpha value is -0.910. The predicted molar refractivity (Wildman–Crippen MR) is 85.4 cm³/mol. The molecule has 0 fully saturated rings. The number of rotatable bonds is 4. The molecule has 0 saturated heterocycles. The maximum atomic E-state index is 13.7. The van der Waals surface area contributed by atoms with Crippen molar-refractivity contribution in [2.75, 3.05) is 7.11 Å². The lowest BCUT2D eigenvalue weighted by Gasteiger charge is -2.15. The van der Waals surface area contributed by atoms with Gasteiger partial charge in [0, 0.05) is 15.0 Å². The maximum absolute atomic E-state index is 13.7. The molecule has 0 aromatic heterocycles. The van der Waals surface area contributed by atoms with Crippen LogP contribution in [0.4, 0.5) is 4.39 Å². The first-order valence-electron chi connectivity index (χ1n) is 6.04. The Morgan fingerprint density at radius 1 is 1.20 bits per heavy atom. The van der Waals surface area contributed by atoms with Crippen LogP contribution in [0.2, 0.25) is 0 Å². The third-order valence-electron chi connectivity index (χ3n) is 3.03. The summed E-state index contributed by atoms with van der Waals surface area (Å²) >= 11 is 6.90. The van der Waals surface area contributed by atoms with Gasteiger partial charge in [-0.05, 0) is 41.8 Å². The fraction of sp³-hybridized carbons (Fsp3) is 0.200. The van der Waals surface area contributed by atoms with Gasteiger partial charge in [-0.15, -0.1) is 0 Å². The highest BCUT2D eigenvalue weighted by atomic mass is 79.9. The Balaban J connectivity index is 2.18. The summed E-state index contributed by atoms with van der Waals surface area (Å²) < 4.78 is 20.5. The largest absolute Gasteiger partial charge is 0.494 e. The molecular formula is C15H14Br2FNO. The molecule has 1 atom stereocenters. The summed E-state index contributed by atoms with van der Waals surface area (Å²) in [6.07, 6.45) is 0.557. The number of ether oxygens (including phenoxy) is 1. The molecule has 2 N–H and O–H groups in total. The van der Waals surface area contributed by atoms with Gasteiger partial charge in [-0.2, -0.15) is 0 Å². The van der Waals surface area contributed by atoms with E-state index in [4.69, 9.17) is 10.5 Å². The normalized spacial score (nSPS) is 12.2. The van der Waals surface area contributed by atoms with Crippen LogP contribution in [0, 0.1) is 5.82 Å². The van der Waals surface area contributed by atoms with Gasteiger partial charge in [0.2, 0.25) is 0 Å². The van der Waals surface area contributed by atoms with Gasteiger partial charge in [-0.1, -0.05) is 44.0 Å². The second-order valence-electron chi connectivity index (χ2n) is 4.45. The van der Waals surface area contributed by atoms with Crippen molar-refractivity contribution in [2.45, 2.75) is 12.5 Å². The second kappa shape index (κ2) is 6.70. The van der Waals surface area contributed by atoms with Gasteiger partial charge >= 0.3 is 0 Å². The van der Waals surface area contributed by atoms with Gasteiger partial charge < -0.3 is 10.5 Å². The molecule has 0 bridgehead atoms. The molecule has 0 aliphatic carbocycles. The first-order valence-corrected chi connectivity index (χ1v) is 7.63. The first kappa shape index (κ1) is 15.5. The van der Waals surface area contributed by atoms with Crippen LogP contribution in [0.1, 0.15) is 17.2 Å². The third kappa shape index (κ3) is 3.59. The minimum absolute atomic E-state index is 0.203. The van der Waals surface area contributed by atoms with Crippen LogP contribution >= 0.6 is 31.9 Å². The van der Waals surface area contributed by atoms with E-state index in [2.05, 4.69) is 31.9 Å². The van der Waals surface area contributed by atoms with Gasteiger partial charge in [0.05, 0.1) is 7.11 Å². The standard InChI is InChI=1S/C15H14Br2FNO/c1-20-15-5-2-9(6-13(15)18)7-14(19)11-4-3-10(16)8-12(11)17/h2-6,8,14H,7,19H2,1H3. The Morgan fingerprint density at radius 2 is 1.95 bits per heavy atom. The fourth-order valence-corrected chi connectivity index (χ4v) is 3.34. The fourth-order valence-electron chi connectivity index (χ4n) is 2.00. The molecule has 20 heavy (non-hydrogen) atoms. The number of nitrogens with two attached hydrogens (primary N) is 1. The van der Waals surface area contributed by atoms with Crippen LogP contribution in [0.5, 0.6) is 5.75 Å². The summed E-state index contributed by atoms with van der Waals surface area (Å²) in [6.45, 7) is 0. The highest BCUT2D eigenvalue weighted by Crippen LogP contribution is 2.28. The summed E-state index contributed by atoms with van der Waals surface area (Å²) in [4.78, 5) is 0. The van der Waals surface area contributed by atoms with Crippen molar-refractivity contribution in [2.24, 2.45) is 5.73 Å². The van der Waals surface area contributed by atoms with Gasteiger partial charge in [-0.25, -0.2) is 4.39 Å². The second-order valence-corrected chi connectivity index (χ2v) is 6.22. The summed E-state index contributed by atoms with van der Waals surface area (Å²) in [7, 11) is 1.45. The van der Waals surface area contributed by atoms with E-state index in [-0.39, 0.29) is 17.6 Å². The molecule has 0 amide bonds. The van der Waals surface area contributed by atoms with Crippen molar-refractivity contribution in [3.05, 3.63) is 62.3 Å². The van der Waals surface area contributed by atoms with Crippen LogP contribution in [-0.2, 0) is 6.42 Å². The summed E-state index contributed by atoms with van der Waals surface area (Å²) in [5, 5.41) is 0. The number of benzene rings is 2. The van der Waals surface area contributed by atoms with E-state index in [1.807, 2.05) is 24.3 Å². The molecule has 2 rings (SSSR count). The third-order valence-corrected chi connectivity index (χ3v) is 4.21. The van der Waals surface area contributed by atoms with Crippen LogP contribution in [0.3, 0.4) is 0 Å². The quantitative estimate of drug-likeness (QED) is 0.810. The van der Waals surface area contributed by atoms with Crippen molar-refractivity contribution in [3.63, 3.8) is 0 Å². The zero-order valence-corrected chi connectivity index (χ0v) is 14.0. The molecule has 0 heterocycles. The zero-order valence-electron chi connectivity index (χ0n) is 10.9. The predicted octanol–water partition coefficient (Wildman–Crippen LogP) is 4.60. The highest BCUT2D eigenvalue weighted by Gasteiger charge is 2.12. The van der Waals surface area contributed by atoms with E-state index < -0.39 is 0 Å². The van der Waals surface area contributed by atoms with E-state index in [1.165, 1.54) is 13.2 Å². The minimum atomic E-state index is -0.368.